The molecule has 0 aliphatic carbocycles. The predicted molar refractivity (Wildman–Crippen MR) is 152 cm³/mol. The summed E-state index contributed by atoms with van der Waals surface area (Å²) in [5.74, 6) is 0.277. The van der Waals surface area contributed by atoms with E-state index >= 15 is 0 Å². The van der Waals surface area contributed by atoms with Crippen molar-refractivity contribution in [1.82, 2.24) is 25.5 Å². The molecule has 2 unspecified atom stereocenters. The van der Waals surface area contributed by atoms with Crippen LogP contribution in [0.5, 0.6) is 5.75 Å². The highest BCUT2D eigenvalue weighted by Crippen LogP contribution is 2.20. The predicted octanol–water partition coefficient (Wildman–Crippen LogP) is 1.49. The second-order valence-electron chi connectivity index (χ2n) is 9.91. The van der Waals surface area contributed by atoms with E-state index in [2.05, 4.69) is 30.8 Å². The van der Waals surface area contributed by atoms with Crippen LogP contribution in [0.1, 0.15) is 35.3 Å². The first-order valence-electron chi connectivity index (χ1n) is 13.6. The number of carbonyl (C=O) groups excluding carboxylic acids is 2. The normalized spacial score (nSPS) is 19.6. The van der Waals surface area contributed by atoms with Crippen LogP contribution in [0, 0.1) is 0 Å². The summed E-state index contributed by atoms with van der Waals surface area (Å²) < 4.78 is 16.2. The molecular weight excluding hydrogens is 538 g/mol. The summed E-state index contributed by atoms with van der Waals surface area (Å²) in [5.41, 5.74) is 7.04. The third-order valence-electron chi connectivity index (χ3n) is 6.83. The Labute approximate surface area is 239 Å². The average Bonchev–Trinajstić information content (AvgIpc) is 2.97. The summed E-state index contributed by atoms with van der Waals surface area (Å²) in [7, 11) is 1.65. The van der Waals surface area contributed by atoms with Crippen molar-refractivity contribution in [2.24, 2.45) is 0 Å². The lowest BCUT2D eigenvalue weighted by Crippen LogP contribution is -2.48. The Balaban J connectivity index is 1.15. The number of ether oxygens (including phenoxy) is 3. The Kier molecular flexibility index (Phi) is 11.2. The largest absolute Gasteiger partial charge is 0.482 e. The smallest absolute Gasteiger partial charge is 0.344 e. The van der Waals surface area contributed by atoms with Gasteiger partial charge in [-0.1, -0.05) is 23.7 Å². The molecule has 1 amide bonds. The second kappa shape index (κ2) is 15.0. The number of nitrogens with zero attached hydrogens (tertiary/aromatic N) is 3. The Morgan fingerprint density at radius 1 is 1.27 bits per heavy atom. The van der Waals surface area contributed by atoms with Gasteiger partial charge in [0.15, 0.2) is 29.1 Å². The fourth-order valence-corrected chi connectivity index (χ4v) is 4.88. The fraction of sp³-hybridized carbons (Fsp3) is 0.556. The van der Waals surface area contributed by atoms with Crippen LogP contribution in [0.3, 0.4) is 0 Å². The molecule has 0 radical (unpaired) electrons. The van der Waals surface area contributed by atoms with E-state index in [1.165, 1.54) is 5.56 Å². The summed E-state index contributed by atoms with van der Waals surface area (Å²) in [6.07, 6.45) is 3.79. The first-order valence-corrected chi connectivity index (χ1v) is 14.0. The molecule has 2 fully saturated rings. The highest BCUT2D eigenvalue weighted by Gasteiger charge is 2.24. The molecule has 0 saturated carbocycles. The Morgan fingerprint density at radius 3 is 2.85 bits per heavy atom. The molecule has 0 bridgehead atoms. The van der Waals surface area contributed by atoms with Crippen LogP contribution in [-0.4, -0.2) is 98.5 Å². The zero-order chi connectivity index (χ0) is 28.3. The molecule has 2 aliphatic rings. The standard InChI is InChI=1S/C27H38ClN7O5/c1-30-26-23(33-24(28)25(29)34-26)27(37)32-19-5-3-12-35(14-19)11-2-4-18-6-8-21(9-7-18)39-17-22(36)40-16-20-15-38-13-10-31-20/h6-9,19-20,31H,2-5,10-17H2,1H3,(H,32,37)(H3,29,30,34). The number of amides is 1. The molecule has 12 nitrogen and oxygen atoms in total. The van der Waals surface area contributed by atoms with Crippen molar-refractivity contribution in [2.75, 3.05) is 70.7 Å². The Hall–Kier alpha value is -3.19. The van der Waals surface area contributed by atoms with Gasteiger partial charge >= 0.3 is 5.97 Å². The third-order valence-corrected chi connectivity index (χ3v) is 7.11. The number of carbonyl (C=O) groups is 2. The molecule has 218 valence electrons. The number of hydrogen-bond acceptors (Lipinski definition) is 11. The number of piperidine rings is 1. The molecule has 2 aliphatic heterocycles. The first kappa shape index (κ1) is 29.8. The van der Waals surface area contributed by atoms with Crippen LogP contribution in [0.15, 0.2) is 24.3 Å². The van der Waals surface area contributed by atoms with E-state index in [-0.39, 0.29) is 47.9 Å². The Morgan fingerprint density at radius 2 is 2.10 bits per heavy atom. The average molecular weight is 576 g/mol. The van der Waals surface area contributed by atoms with Gasteiger partial charge in [0.05, 0.1) is 19.3 Å². The number of hydrogen-bond donors (Lipinski definition) is 4. The molecule has 4 rings (SSSR count). The number of nitrogen functional groups attached to an aromatic ring is 1. The lowest BCUT2D eigenvalue weighted by molar-refractivity contribution is -0.147. The maximum Gasteiger partial charge on any atom is 0.344 e. The van der Waals surface area contributed by atoms with E-state index in [9.17, 15) is 9.59 Å². The van der Waals surface area contributed by atoms with Crippen LogP contribution in [-0.2, 0) is 20.7 Å². The molecule has 1 aromatic carbocycles. The summed E-state index contributed by atoms with van der Waals surface area (Å²) in [5, 5.41) is 9.16. The van der Waals surface area contributed by atoms with Crippen LogP contribution in [0.2, 0.25) is 5.15 Å². The van der Waals surface area contributed by atoms with Gasteiger partial charge in [-0.15, -0.1) is 0 Å². The summed E-state index contributed by atoms with van der Waals surface area (Å²) >= 11 is 5.99. The van der Waals surface area contributed by atoms with E-state index in [4.69, 9.17) is 31.5 Å². The number of anilines is 2. The van der Waals surface area contributed by atoms with Crippen molar-refractivity contribution in [3.05, 3.63) is 40.7 Å². The van der Waals surface area contributed by atoms with Crippen LogP contribution >= 0.6 is 11.6 Å². The quantitative estimate of drug-likeness (QED) is 0.272. The number of aromatic nitrogens is 2. The number of aryl methyl sites for hydroxylation is 1. The molecule has 2 atom stereocenters. The number of likely N-dealkylation sites (tertiary alicyclic amines) is 1. The summed E-state index contributed by atoms with van der Waals surface area (Å²) in [6.45, 7) is 4.81. The van der Waals surface area contributed by atoms with Gasteiger partial charge in [0, 0.05) is 26.2 Å². The van der Waals surface area contributed by atoms with Gasteiger partial charge in [0.2, 0.25) is 0 Å². The minimum atomic E-state index is -0.403. The molecule has 2 saturated heterocycles. The number of rotatable bonds is 12. The van der Waals surface area contributed by atoms with Crippen molar-refractivity contribution in [2.45, 2.75) is 37.8 Å². The molecule has 0 spiro atoms. The van der Waals surface area contributed by atoms with E-state index in [0.29, 0.717) is 24.8 Å². The van der Waals surface area contributed by atoms with Gasteiger partial charge in [-0.05, 0) is 56.5 Å². The van der Waals surface area contributed by atoms with E-state index < -0.39 is 5.97 Å². The molecule has 3 heterocycles. The SMILES string of the molecule is CNc1nc(N)c(Cl)nc1C(=O)NC1CCCN(CCCc2ccc(OCC(=O)OCC3COCCN3)cc2)C1. The van der Waals surface area contributed by atoms with Gasteiger partial charge in [0.25, 0.3) is 5.91 Å². The van der Waals surface area contributed by atoms with Crippen molar-refractivity contribution in [3.63, 3.8) is 0 Å². The molecule has 40 heavy (non-hydrogen) atoms. The molecule has 13 heteroatoms. The van der Waals surface area contributed by atoms with Crippen molar-refractivity contribution >= 4 is 35.1 Å². The van der Waals surface area contributed by atoms with Crippen molar-refractivity contribution in [3.8, 4) is 5.75 Å². The summed E-state index contributed by atoms with van der Waals surface area (Å²) in [4.78, 5) is 35.4. The molecule has 5 N–H and O–H groups in total. The topological polar surface area (TPSA) is 153 Å². The fourth-order valence-electron chi connectivity index (χ4n) is 4.75. The lowest BCUT2D eigenvalue weighted by Gasteiger charge is -2.33. The van der Waals surface area contributed by atoms with Gasteiger partial charge < -0.3 is 40.8 Å². The number of halogens is 1. The van der Waals surface area contributed by atoms with Crippen molar-refractivity contribution < 1.29 is 23.8 Å². The van der Waals surface area contributed by atoms with Gasteiger partial charge in [-0.3, -0.25) is 4.79 Å². The van der Waals surface area contributed by atoms with Crippen LogP contribution < -0.4 is 26.4 Å². The van der Waals surface area contributed by atoms with E-state index in [1.54, 1.807) is 7.05 Å². The van der Waals surface area contributed by atoms with Gasteiger partial charge in [-0.25, -0.2) is 14.8 Å². The van der Waals surface area contributed by atoms with Gasteiger partial charge in [0.1, 0.15) is 12.4 Å². The Bertz CT molecular complexity index is 1130. The number of esters is 1. The number of benzene rings is 1. The van der Waals surface area contributed by atoms with E-state index in [0.717, 1.165) is 51.9 Å². The molecule has 2 aromatic rings. The maximum atomic E-state index is 12.9. The van der Waals surface area contributed by atoms with Gasteiger partial charge in [-0.2, -0.15) is 0 Å². The zero-order valence-electron chi connectivity index (χ0n) is 22.8. The summed E-state index contributed by atoms with van der Waals surface area (Å²) in [6, 6.07) is 7.82. The van der Waals surface area contributed by atoms with Crippen LogP contribution in [0.4, 0.5) is 11.6 Å². The van der Waals surface area contributed by atoms with Crippen LogP contribution in [0.25, 0.3) is 0 Å². The van der Waals surface area contributed by atoms with Crippen molar-refractivity contribution in [1.29, 1.82) is 0 Å². The monoisotopic (exact) mass is 575 g/mol. The zero-order valence-corrected chi connectivity index (χ0v) is 23.5. The first-order chi connectivity index (χ1) is 19.4. The third kappa shape index (κ3) is 8.91. The minimum Gasteiger partial charge on any atom is -0.482 e. The maximum absolute atomic E-state index is 12.9. The highest BCUT2D eigenvalue weighted by molar-refractivity contribution is 6.31. The number of nitrogens with two attached hydrogens (primary N) is 1. The lowest BCUT2D eigenvalue weighted by atomic mass is 10.0. The number of nitrogens with one attached hydrogen (secondary N) is 3. The minimum absolute atomic E-state index is 0.00932. The molecular formula is C27H38ClN7O5. The molecule has 1 aromatic heterocycles. The van der Waals surface area contributed by atoms with E-state index in [1.807, 2.05) is 24.3 Å². The second-order valence-corrected chi connectivity index (χ2v) is 10.3. The highest BCUT2D eigenvalue weighted by atomic mass is 35.5. The number of morpholine rings is 1.